The summed E-state index contributed by atoms with van der Waals surface area (Å²) in [5.41, 5.74) is 12.8. The summed E-state index contributed by atoms with van der Waals surface area (Å²) in [6.45, 7) is -1.22. The molecule has 0 aliphatic heterocycles. The molecule has 0 bridgehead atoms. The van der Waals surface area contributed by atoms with E-state index < -0.39 is 48.5 Å². The molecule has 0 spiro atoms. The molecule has 0 radical (unpaired) electrons. The number of rotatable bonds is 14. The molecule has 35 heavy (non-hydrogen) atoms. The molecule has 0 amide bonds. The summed E-state index contributed by atoms with van der Waals surface area (Å²) < 4.78 is 20.3. The Kier molecular flexibility index (Phi) is 15.5. The van der Waals surface area contributed by atoms with Crippen molar-refractivity contribution in [3.05, 3.63) is 17.7 Å². The Morgan fingerprint density at radius 2 is 1.26 bits per heavy atom. The molecule has 0 aliphatic carbocycles. The molecule has 0 saturated heterocycles. The van der Waals surface area contributed by atoms with Crippen molar-refractivity contribution in [2.75, 3.05) is 53.8 Å². The second-order valence-electron chi connectivity index (χ2n) is 5.89. The maximum Gasteiger partial charge on any atom is 0.330 e. The van der Waals surface area contributed by atoms with Gasteiger partial charge >= 0.3 is 23.9 Å². The predicted octanol–water partition coefficient (Wildman–Crippen LogP) is -0.954. The van der Waals surface area contributed by atoms with Crippen LogP contribution >= 0.6 is 12.4 Å². The summed E-state index contributed by atoms with van der Waals surface area (Å²) in [4.78, 5) is 61.9. The van der Waals surface area contributed by atoms with Crippen LogP contribution < -0.4 is 36.4 Å². The highest BCUT2D eigenvalue weighted by Gasteiger charge is 2.26. The summed E-state index contributed by atoms with van der Waals surface area (Å²) in [6, 6.07) is 1.19. The molecule has 1 aromatic carbocycles. The summed E-state index contributed by atoms with van der Waals surface area (Å²) in [5, 5.41) is 0. The first kappa shape index (κ1) is 31.7. The number of nitrogens with one attached hydrogen (secondary N) is 3. The number of nitrogens with two attached hydrogens (primary N) is 1. The SMILES string of the molecule is CONCC(=O)Oc1cc(/C=C/C(=O)OC)c(N)c(OC(=O)CNOC)c1OC(=O)CNOC.Cl. The summed E-state index contributed by atoms with van der Waals surface area (Å²) in [7, 11) is 5.01. The minimum Gasteiger partial charge on any atom is -0.466 e. The third-order valence-electron chi connectivity index (χ3n) is 3.61. The number of halogens is 1. The number of hydrogen-bond acceptors (Lipinski definition) is 15. The van der Waals surface area contributed by atoms with Crippen molar-refractivity contribution in [3.63, 3.8) is 0 Å². The van der Waals surface area contributed by atoms with Gasteiger partial charge in [-0.2, -0.15) is 16.4 Å². The summed E-state index contributed by atoms with van der Waals surface area (Å²) in [6.07, 6.45) is 2.24. The Labute approximate surface area is 206 Å². The van der Waals surface area contributed by atoms with Gasteiger partial charge in [-0.15, -0.1) is 12.4 Å². The average Bonchev–Trinajstić information content (AvgIpc) is 2.82. The van der Waals surface area contributed by atoms with Gasteiger partial charge < -0.3 is 39.2 Å². The van der Waals surface area contributed by atoms with Crippen molar-refractivity contribution >= 4 is 48.0 Å². The number of hydroxylamine groups is 3. The fourth-order valence-electron chi connectivity index (χ4n) is 2.14. The lowest BCUT2D eigenvalue weighted by Crippen LogP contribution is -2.29. The lowest BCUT2D eigenvalue weighted by Gasteiger charge is -2.18. The van der Waals surface area contributed by atoms with Gasteiger partial charge in [0.15, 0.2) is 5.75 Å². The summed E-state index contributed by atoms with van der Waals surface area (Å²) in [5.74, 6) is -4.66. The van der Waals surface area contributed by atoms with Gasteiger partial charge in [-0.1, -0.05) is 0 Å². The van der Waals surface area contributed by atoms with Gasteiger partial charge in [0, 0.05) is 11.6 Å². The number of hydrogen-bond donors (Lipinski definition) is 4. The molecule has 0 saturated carbocycles. The van der Waals surface area contributed by atoms with Gasteiger partial charge in [-0.05, 0) is 12.1 Å². The minimum atomic E-state index is -0.904. The van der Waals surface area contributed by atoms with Crippen LogP contribution in [-0.2, 0) is 38.4 Å². The van der Waals surface area contributed by atoms with Crippen LogP contribution in [0.1, 0.15) is 5.56 Å². The first-order valence-electron chi connectivity index (χ1n) is 9.39. The van der Waals surface area contributed by atoms with Gasteiger partial charge in [-0.3, -0.25) is 14.4 Å². The number of esters is 4. The Hall–Kier alpha value is -3.31. The molecule has 0 unspecified atom stereocenters. The Balaban J connectivity index is 0.0000116. The second-order valence-corrected chi connectivity index (χ2v) is 5.89. The monoisotopic (exact) mass is 522 g/mol. The molecule has 0 fully saturated rings. The third-order valence-corrected chi connectivity index (χ3v) is 3.61. The molecule has 15 nitrogen and oxygen atoms in total. The van der Waals surface area contributed by atoms with E-state index in [2.05, 4.69) is 35.7 Å². The normalized spacial score (nSPS) is 10.4. The number of methoxy groups -OCH3 is 1. The molecule has 0 atom stereocenters. The highest BCUT2D eigenvalue weighted by Crippen LogP contribution is 2.45. The zero-order chi connectivity index (χ0) is 25.5. The van der Waals surface area contributed by atoms with Crippen molar-refractivity contribution < 1.29 is 52.6 Å². The molecule has 0 aromatic heterocycles. The van der Waals surface area contributed by atoms with Crippen LogP contribution in [0.3, 0.4) is 0 Å². The highest BCUT2D eigenvalue weighted by atomic mass is 35.5. The van der Waals surface area contributed by atoms with Gasteiger partial charge in [-0.25, -0.2) is 4.79 Å². The van der Waals surface area contributed by atoms with Gasteiger partial charge in [0.2, 0.25) is 11.5 Å². The third kappa shape index (κ3) is 11.1. The molecular formula is C19H27ClN4O11. The number of carbonyl (C=O) groups excluding carboxylic acids is 4. The standard InChI is InChI=1S/C19H26N4O11.ClH/c1-28-13(24)6-5-11-7-12(32-14(25)8-21-29-2)18(33-15(26)9-22-30-3)19(17(11)20)34-16(27)10-23-31-4;/h5-7,21-23H,8-10,20H2,1-4H3;1H/b6-5+;. The topological polar surface area (TPSA) is 195 Å². The van der Waals surface area contributed by atoms with E-state index in [0.717, 1.165) is 6.08 Å². The zero-order valence-electron chi connectivity index (χ0n) is 19.3. The lowest BCUT2D eigenvalue weighted by molar-refractivity contribution is -0.139. The van der Waals surface area contributed by atoms with E-state index in [1.807, 2.05) is 0 Å². The van der Waals surface area contributed by atoms with Crippen molar-refractivity contribution in [1.82, 2.24) is 16.4 Å². The molecule has 1 rings (SSSR count). The number of carbonyl (C=O) groups is 4. The van der Waals surface area contributed by atoms with Crippen molar-refractivity contribution in [3.8, 4) is 17.2 Å². The van der Waals surface area contributed by atoms with Crippen LogP contribution in [0.5, 0.6) is 17.2 Å². The van der Waals surface area contributed by atoms with Gasteiger partial charge in [0.1, 0.15) is 19.6 Å². The van der Waals surface area contributed by atoms with Crippen LogP contribution in [0.2, 0.25) is 0 Å². The number of nitrogen functional groups attached to an aromatic ring is 1. The molecule has 0 heterocycles. The van der Waals surface area contributed by atoms with Crippen LogP contribution in [0.15, 0.2) is 12.1 Å². The average molecular weight is 523 g/mol. The fourth-order valence-corrected chi connectivity index (χ4v) is 2.14. The maximum absolute atomic E-state index is 12.2. The van der Waals surface area contributed by atoms with Gasteiger partial charge in [0.05, 0.1) is 34.1 Å². The van der Waals surface area contributed by atoms with E-state index in [4.69, 9.17) is 19.9 Å². The van der Waals surface area contributed by atoms with Crippen LogP contribution in [0, 0.1) is 0 Å². The Morgan fingerprint density at radius 3 is 1.71 bits per heavy atom. The molecular weight excluding hydrogens is 496 g/mol. The highest BCUT2D eigenvalue weighted by molar-refractivity contribution is 5.91. The summed E-state index contributed by atoms with van der Waals surface area (Å²) >= 11 is 0. The fraction of sp³-hybridized carbons (Fsp3) is 0.368. The first-order valence-corrected chi connectivity index (χ1v) is 9.39. The van der Waals surface area contributed by atoms with Crippen molar-refractivity contribution in [2.24, 2.45) is 0 Å². The van der Waals surface area contributed by atoms with E-state index >= 15 is 0 Å². The quantitative estimate of drug-likeness (QED) is 0.0766. The molecule has 0 aliphatic rings. The van der Waals surface area contributed by atoms with Crippen molar-refractivity contribution in [1.29, 1.82) is 0 Å². The largest absolute Gasteiger partial charge is 0.466 e. The van der Waals surface area contributed by atoms with E-state index in [9.17, 15) is 19.2 Å². The number of benzene rings is 1. The van der Waals surface area contributed by atoms with Crippen LogP contribution in [-0.4, -0.2) is 72.0 Å². The van der Waals surface area contributed by atoms with Crippen molar-refractivity contribution in [2.45, 2.75) is 0 Å². The van der Waals surface area contributed by atoms with Crippen LogP contribution in [0.25, 0.3) is 6.08 Å². The molecule has 1 aromatic rings. The van der Waals surface area contributed by atoms with E-state index in [1.54, 1.807) is 0 Å². The Bertz CT molecular complexity index is 911. The van der Waals surface area contributed by atoms with E-state index in [0.29, 0.717) is 0 Å². The molecule has 5 N–H and O–H groups in total. The number of anilines is 1. The minimum absolute atomic E-state index is 0. The van der Waals surface area contributed by atoms with Gasteiger partial charge in [0.25, 0.3) is 0 Å². The predicted molar refractivity (Wildman–Crippen MR) is 121 cm³/mol. The van der Waals surface area contributed by atoms with E-state index in [1.165, 1.54) is 40.6 Å². The first-order chi connectivity index (χ1) is 16.3. The maximum atomic E-state index is 12.2. The molecule has 16 heteroatoms. The smallest absolute Gasteiger partial charge is 0.330 e. The van der Waals surface area contributed by atoms with E-state index in [-0.39, 0.29) is 36.0 Å². The lowest BCUT2D eigenvalue weighted by atomic mass is 10.1. The number of ether oxygens (including phenoxy) is 4. The molecule has 196 valence electrons. The Morgan fingerprint density at radius 1 is 0.800 bits per heavy atom. The zero-order valence-corrected chi connectivity index (χ0v) is 20.1. The second kappa shape index (κ2) is 17.2. The van der Waals surface area contributed by atoms with Crippen LogP contribution in [0.4, 0.5) is 5.69 Å².